The number of nitrogens with zero attached hydrogens (tertiary/aromatic N) is 1. The molecule has 0 saturated heterocycles. The first kappa shape index (κ1) is 16.9. The summed E-state index contributed by atoms with van der Waals surface area (Å²) in [6, 6.07) is 9.57. The molecule has 2 aromatic rings. The highest BCUT2D eigenvalue weighted by Crippen LogP contribution is 2.28. The Hall–Kier alpha value is -1.97. The maximum Gasteiger partial charge on any atom is 0.0723 e. The third kappa shape index (κ3) is 4.53. The number of nitrogens with one attached hydrogen (secondary N) is 3. The Morgan fingerprint density at radius 3 is 2.33 bits per heavy atom. The van der Waals surface area contributed by atoms with Gasteiger partial charge in [-0.2, -0.15) is 5.10 Å². The van der Waals surface area contributed by atoms with Gasteiger partial charge in [-0.25, -0.2) is 0 Å². The fourth-order valence-corrected chi connectivity index (χ4v) is 3.42. The highest BCUT2D eigenvalue weighted by Gasteiger charge is 2.21. The molecular formula is C20H30N4. The first-order chi connectivity index (χ1) is 11.5. The monoisotopic (exact) mass is 326 g/mol. The molecule has 1 aromatic carbocycles. The number of hydrogen-bond donors (Lipinski definition) is 3. The number of aromatic amines is 1. The highest BCUT2D eigenvalue weighted by molar-refractivity contribution is 5.46. The fourth-order valence-electron chi connectivity index (χ4n) is 3.42. The molecule has 3 rings (SSSR count). The van der Waals surface area contributed by atoms with E-state index in [2.05, 4.69) is 65.9 Å². The third-order valence-electron chi connectivity index (χ3n) is 5.06. The van der Waals surface area contributed by atoms with Crippen molar-refractivity contribution in [3.63, 3.8) is 0 Å². The van der Waals surface area contributed by atoms with Crippen LogP contribution in [0.1, 0.15) is 52.0 Å². The van der Waals surface area contributed by atoms with Gasteiger partial charge in [0.2, 0.25) is 0 Å². The van der Waals surface area contributed by atoms with Gasteiger partial charge in [-0.05, 0) is 54.7 Å². The van der Waals surface area contributed by atoms with Gasteiger partial charge in [0.15, 0.2) is 0 Å². The van der Waals surface area contributed by atoms with Crippen LogP contribution in [0.15, 0.2) is 36.7 Å². The number of H-pyrrole nitrogens is 1. The van der Waals surface area contributed by atoms with E-state index >= 15 is 0 Å². The molecule has 24 heavy (non-hydrogen) atoms. The number of hydrogen-bond acceptors (Lipinski definition) is 3. The Morgan fingerprint density at radius 2 is 1.75 bits per heavy atom. The van der Waals surface area contributed by atoms with Crippen LogP contribution in [0.2, 0.25) is 0 Å². The zero-order valence-corrected chi connectivity index (χ0v) is 15.1. The number of anilines is 2. The summed E-state index contributed by atoms with van der Waals surface area (Å²) in [7, 11) is 0. The predicted molar refractivity (Wildman–Crippen MR) is 102 cm³/mol. The van der Waals surface area contributed by atoms with Gasteiger partial charge < -0.3 is 10.6 Å². The largest absolute Gasteiger partial charge is 0.382 e. The van der Waals surface area contributed by atoms with Crippen molar-refractivity contribution in [2.45, 2.75) is 57.9 Å². The Kier molecular flexibility index (Phi) is 5.12. The molecule has 130 valence electrons. The summed E-state index contributed by atoms with van der Waals surface area (Å²) in [4.78, 5) is 0. The van der Waals surface area contributed by atoms with Crippen molar-refractivity contribution in [1.29, 1.82) is 0 Å². The van der Waals surface area contributed by atoms with Gasteiger partial charge in [0.25, 0.3) is 0 Å². The molecule has 4 heteroatoms. The van der Waals surface area contributed by atoms with E-state index in [-0.39, 0.29) is 5.41 Å². The second kappa shape index (κ2) is 7.29. The molecule has 0 spiro atoms. The lowest BCUT2D eigenvalue weighted by Gasteiger charge is -2.30. The third-order valence-corrected chi connectivity index (χ3v) is 5.06. The normalized spacial score (nSPS) is 21.5. The van der Waals surface area contributed by atoms with Crippen LogP contribution in [0.25, 0.3) is 0 Å². The van der Waals surface area contributed by atoms with Crippen molar-refractivity contribution >= 4 is 11.4 Å². The lowest BCUT2D eigenvalue weighted by molar-refractivity contribution is 0.351. The van der Waals surface area contributed by atoms with Crippen LogP contribution in [0.5, 0.6) is 0 Å². The summed E-state index contributed by atoms with van der Waals surface area (Å²) in [5.41, 5.74) is 3.96. The van der Waals surface area contributed by atoms with E-state index in [9.17, 15) is 0 Å². The minimum Gasteiger partial charge on any atom is -0.382 e. The highest BCUT2D eigenvalue weighted by atomic mass is 15.1. The molecule has 1 heterocycles. The number of benzene rings is 1. The first-order valence-corrected chi connectivity index (χ1v) is 9.10. The molecule has 1 fully saturated rings. The van der Waals surface area contributed by atoms with Crippen molar-refractivity contribution in [2.24, 2.45) is 5.92 Å². The van der Waals surface area contributed by atoms with Gasteiger partial charge in [0.1, 0.15) is 0 Å². The average Bonchev–Trinajstić information content (AvgIpc) is 3.07. The maximum atomic E-state index is 3.97. The van der Waals surface area contributed by atoms with E-state index in [4.69, 9.17) is 0 Å². The number of aromatic nitrogens is 2. The van der Waals surface area contributed by atoms with Crippen molar-refractivity contribution in [3.8, 4) is 0 Å². The van der Waals surface area contributed by atoms with Gasteiger partial charge in [-0.15, -0.1) is 0 Å². The molecule has 0 radical (unpaired) electrons. The van der Waals surface area contributed by atoms with E-state index in [1.165, 1.54) is 36.9 Å². The Bertz CT molecular complexity index is 602. The van der Waals surface area contributed by atoms with Gasteiger partial charge >= 0.3 is 0 Å². The Morgan fingerprint density at radius 1 is 1.04 bits per heavy atom. The summed E-state index contributed by atoms with van der Waals surface area (Å²) < 4.78 is 0. The molecule has 1 aliphatic carbocycles. The second-order valence-electron chi connectivity index (χ2n) is 8.06. The van der Waals surface area contributed by atoms with E-state index < -0.39 is 0 Å². The van der Waals surface area contributed by atoms with Crippen LogP contribution in [0.4, 0.5) is 11.4 Å². The molecular weight excluding hydrogens is 296 g/mol. The van der Waals surface area contributed by atoms with Crippen LogP contribution in [-0.2, 0) is 5.41 Å². The van der Waals surface area contributed by atoms with Crippen molar-refractivity contribution in [1.82, 2.24) is 10.2 Å². The fraction of sp³-hybridized carbons (Fsp3) is 0.550. The summed E-state index contributed by atoms with van der Waals surface area (Å²) in [5, 5.41) is 14.0. The topological polar surface area (TPSA) is 52.7 Å². The van der Waals surface area contributed by atoms with Crippen LogP contribution in [-0.4, -0.2) is 22.8 Å². The maximum absolute atomic E-state index is 3.97. The van der Waals surface area contributed by atoms with Gasteiger partial charge in [-0.1, -0.05) is 32.9 Å². The molecule has 0 atom stereocenters. The minimum absolute atomic E-state index is 0.221. The zero-order valence-electron chi connectivity index (χ0n) is 15.1. The lowest BCUT2D eigenvalue weighted by atomic mass is 9.85. The molecule has 0 unspecified atom stereocenters. The minimum atomic E-state index is 0.221. The molecule has 3 N–H and O–H groups in total. The van der Waals surface area contributed by atoms with Crippen molar-refractivity contribution in [2.75, 3.05) is 17.2 Å². The van der Waals surface area contributed by atoms with E-state index in [1.54, 1.807) is 0 Å². The van der Waals surface area contributed by atoms with Crippen molar-refractivity contribution < 1.29 is 0 Å². The average molecular weight is 326 g/mol. The zero-order chi connectivity index (χ0) is 17.0. The Labute approximate surface area is 145 Å². The van der Waals surface area contributed by atoms with Gasteiger partial charge in [0, 0.05) is 24.5 Å². The molecule has 0 bridgehead atoms. The quantitative estimate of drug-likeness (QED) is 0.740. The molecule has 4 nitrogen and oxygen atoms in total. The van der Waals surface area contributed by atoms with E-state index in [0.717, 1.165) is 18.2 Å². The van der Waals surface area contributed by atoms with Gasteiger partial charge in [0.05, 0.1) is 11.9 Å². The smallest absolute Gasteiger partial charge is 0.0723 e. The second-order valence-corrected chi connectivity index (χ2v) is 8.06. The molecule has 0 amide bonds. The van der Waals surface area contributed by atoms with Crippen LogP contribution >= 0.6 is 0 Å². The number of rotatable bonds is 5. The van der Waals surface area contributed by atoms with Gasteiger partial charge in [-0.3, -0.25) is 5.10 Å². The molecule has 1 aromatic heterocycles. The van der Waals surface area contributed by atoms with Crippen LogP contribution < -0.4 is 10.6 Å². The Balaban J connectivity index is 1.43. The molecule has 0 aliphatic heterocycles. The lowest BCUT2D eigenvalue weighted by Crippen LogP contribution is -2.28. The predicted octanol–water partition coefficient (Wildman–Crippen LogP) is 4.79. The first-order valence-electron chi connectivity index (χ1n) is 9.10. The van der Waals surface area contributed by atoms with Crippen LogP contribution in [0, 0.1) is 5.92 Å². The van der Waals surface area contributed by atoms with Crippen LogP contribution in [0.3, 0.4) is 0 Å². The summed E-state index contributed by atoms with van der Waals surface area (Å²) in [5.74, 6) is 0.765. The molecule has 1 saturated carbocycles. The summed E-state index contributed by atoms with van der Waals surface area (Å²) in [6.45, 7) is 7.82. The molecule has 1 aliphatic rings. The van der Waals surface area contributed by atoms with E-state index in [1.807, 2.05) is 12.4 Å². The standard InChI is InChI=1S/C20H30N4/c1-20(2,3)16-6-10-18(11-7-16)24-17-8-4-15(5-9-17)12-21-19-13-22-23-14-19/h6-7,10-11,13-15,17,21,24H,4-5,8-9,12H2,1-3H3,(H,22,23). The van der Waals surface area contributed by atoms with E-state index in [0.29, 0.717) is 6.04 Å². The summed E-state index contributed by atoms with van der Waals surface area (Å²) >= 11 is 0. The van der Waals surface area contributed by atoms with Crippen molar-refractivity contribution in [3.05, 3.63) is 42.2 Å². The summed E-state index contributed by atoms with van der Waals surface area (Å²) in [6.07, 6.45) is 8.81. The SMILES string of the molecule is CC(C)(C)c1ccc(NC2CCC(CNc3cn[nH]c3)CC2)cc1.